The second kappa shape index (κ2) is 7.36. The number of rotatable bonds is 8. The molecule has 6 heteroatoms. The summed E-state index contributed by atoms with van der Waals surface area (Å²) >= 11 is 0. The smallest absolute Gasteiger partial charge is 0.243 e. The quantitative estimate of drug-likeness (QED) is 0.813. The third-order valence-corrected chi connectivity index (χ3v) is 3.68. The van der Waals surface area contributed by atoms with E-state index in [1.54, 1.807) is 6.07 Å². The van der Waals surface area contributed by atoms with E-state index >= 15 is 0 Å². The van der Waals surface area contributed by atoms with Crippen LogP contribution in [0.5, 0.6) is 0 Å². The first-order valence-corrected chi connectivity index (χ1v) is 7.63. The molecule has 21 heavy (non-hydrogen) atoms. The molecule has 1 unspecified atom stereocenters. The molecule has 0 aliphatic carbocycles. The molecule has 0 fully saturated rings. The second-order valence-electron chi connectivity index (χ2n) is 5.30. The van der Waals surface area contributed by atoms with Crippen LogP contribution >= 0.6 is 0 Å². The summed E-state index contributed by atoms with van der Waals surface area (Å²) in [6, 6.07) is 3.31. The van der Waals surface area contributed by atoms with E-state index in [1.807, 2.05) is 0 Å². The minimum atomic E-state index is -0.314. The molecule has 5 nitrogen and oxygen atoms in total. The monoisotopic (exact) mass is 293 g/mol. The molecule has 0 spiro atoms. The molecule has 2 rings (SSSR count). The molecule has 116 valence electrons. The topological polar surface area (TPSA) is 45.5 Å². The molecule has 0 saturated heterocycles. The van der Waals surface area contributed by atoms with Crippen LogP contribution in [0.1, 0.15) is 33.6 Å². The third kappa shape index (κ3) is 4.39. The second-order valence-corrected chi connectivity index (χ2v) is 5.30. The van der Waals surface area contributed by atoms with Gasteiger partial charge in [0.05, 0.1) is 6.20 Å². The van der Waals surface area contributed by atoms with Gasteiger partial charge in [0.15, 0.2) is 5.65 Å². The molecular formula is C15H24FN5. The van der Waals surface area contributed by atoms with Crippen molar-refractivity contribution in [2.45, 2.75) is 39.7 Å². The highest BCUT2D eigenvalue weighted by atomic mass is 19.1. The number of nitrogens with one attached hydrogen (secondary N) is 1. The number of hydrogen-bond donors (Lipinski definition) is 1. The third-order valence-electron chi connectivity index (χ3n) is 3.68. The minimum Gasteiger partial charge on any atom is -0.350 e. The van der Waals surface area contributed by atoms with Gasteiger partial charge in [-0.05, 0) is 51.5 Å². The number of pyridine rings is 1. The molecule has 2 heterocycles. The Hall–Kier alpha value is -1.69. The van der Waals surface area contributed by atoms with Crippen LogP contribution in [0, 0.1) is 5.82 Å². The Kier molecular flexibility index (Phi) is 5.50. The molecule has 2 aromatic heterocycles. The van der Waals surface area contributed by atoms with Crippen molar-refractivity contribution in [1.29, 1.82) is 0 Å². The molecular weight excluding hydrogens is 269 g/mol. The fourth-order valence-corrected chi connectivity index (χ4v) is 2.37. The highest BCUT2D eigenvalue weighted by molar-refractivity contribution is 5.43. The van der Waals surface area contributed by atoms with Gasteiger partial charge >= 0.3 is 0 Å². The van der Waals surface area contributed by atoms with E-state index in [0.29, 0.717) is 17.6 Å². The summed E-state index contributed by atoms with van der Waals surface area (Å²) in [6.07, 6.45) is 3.52. The standard InChI is InChI=1S/C15H24FN5/c1-4-20(5-2)10-6-7-12(3)17-15-18-14-9-8-13(16)11-21(14)19-15/h8-9,11-12H,4-7,10H2,1-3H3,(H,17,19). The van der Waals surface area contributed by atoms with Crippen LogP contribution in [-0.2, 0) is 0 Å². The van der Waals surface area contributed by atoms with Crippen molar-refractivity contribution in [3.8, 4) is 0 Å². The van der Waals surface area contributed by atoms with Gasteiger partial charge in [-0.1, -0.05) is 13.8 Å². The fraction of sp³-hybridized carbons (Fsp3) is 0.600. The van der Waals surface area contributed by atoms with Crippen molar-refractivity contribution in [2.75, 3.05) is 25.0 Å². The molecule has 0 saturated carbocycles. The van der Waals surface area contributed by atoms with Crippen LogP contribution < -0.4 is 5.32 Å². The molecule has 0 amide bonds. The van der Waals surface area contributed by atoms with E-state index in [2.05, 4.69) is 41.1 Å². The normalized spacial score (nSPS) is 13.0. The average Bonchev–Trinajstić information content (AvgIpc) is 2.84. The van der Waals surface area contributed by atoms with Crippen LogP contribution in [0.2, 0.25) is 0 Å². The Morgan fingerprint density at radius 3 is 2.81 bits per heavy atom. The lowest BCUT2D eigenvalue weighted by Crippen LogP contribution is -2.25. The molecule has 1 N–H and O–H groups in total. The zero-order chi connectivity index (χ0) is 15.2. The van der Waals surface area contributed by atoms with Crippen LogP contribution in [0.4, 0.5) is 10.3 Å². The number of aromatic nitrogens is 3. The first-order valence-electron chi connectivity index (χ1n) is 7.63. The van der Waals surface area contributed by atoms with Gasteiger partial charge in [0.25, 0.3) is 0 Å². The van der Waals surface area contributed by atoms with Gasteiger partial charge in [-0.25, -0.2) is 8.91 Å². The Bertz CT molecular complexity index is 564. The predicted octanol–water partition coefficient (Wildman–Crippen LogP) is 2.79. The van der Waals surface area contributed by atoms with E-state index in [4.69, 9.17) is 0 Å². The maximum absolute atomic E-state index is 13.1. The summed E-state index contributed by atoms with van der Waals surface area (Å²) in [5.74, 6) is 0.238. The summed E-state index contributed by atoms with van der Waals surface area (Å²) in [5.41, 5.74) is 0.647. The number of anilines is 1. The van der Waals surface area contributed by atoms with Crippen LogP contribution in [0.25, 0.3) is 5.65 Å². The molecule has 1 atom stereocenters. The Labute approximate surface area is 125 Å². The largest absolute Gasteiger partial charge is 0.350 e. The average molecular weight is 293 g/mol. The van der Waals surface area contributed by atoms with Crippen molar-refractivity contribution in [3.63, 3.8) is 0 Å². The van der Waals surface area contributed by atoms with Gasteiger partial charge < -0.3 is 10.2 Å². The Balaban J connectivity index is 1.85. The first-order chi connectivity index (χ1) is 10.1. The maximum Gasteiger partial charge on any atom is 0.243 e. The van der Waals surface area contributed by atoms with Crippen LogP contribution in [-0.4, -0.2) is 45.2 Å². The number of fused-ring (bicyclic) bond motifs is 1. The highest BCUT2D eigenvalue weighted by Gasteiger charge is 2.08. The lowest BCUT2D eigenvalue weighted by atomic mass is 10.2. The predicted molar refractivity (Wildman–Crippen MR) is 83.1 cm³/mol. The van der Waals surface area contributed by atoms with Crippen molar-refractivity contribution in [3.05, 3.63) is 24.1 Å². The fourth-order valence-electron chi connectivity index (χ4n) is 2.37. The lowest BCUT2D eigenvalue weighted by Gasteiger charge is -2.19. The van der Waals surface area contributed by atoms with Gasteiger partial charge in [0, 0.05) is 6.04 Å². The van der Waals surface area contributed by atoms with Crippen LogP contribution in [0.15, 0.2) is 18.3 Å². The van der Waals surface area contributed by atoms with Crippen molar-refractivity contribution < 1.29 is 4.39 Å². The summed E-state index contributed by atoms with van der Waals surface area (Å²) < 4.78 is 14.6. The molecule has 0 radical (unpaired) electrons. The SMILES string of the molecule is CCN(CC)CCCC(C)Nc1nc2ccc(F)cn2n1. The van der Waals surface area contributed by atoms with Gasteiger partial charge in [0.1, 0.15) is 5.82 Å². The maximum atomic E-state index is 13.1. The van der Waals surface area contributed by atoms with E-state index in [0.717, 1.165) is 32.5 Å². The van der Waals surface area contributed by atoms with Gasteiger partial charge in [-0.2, -0.15) is 4.98 Å². The molecule has 2 aromatic rings. The first kappa shape index (κ1) is 15.7. The van der Waals surface area contributed by atoms with Crippen molar-refractivity contribution in [1.82, 2.24) is 19.5 Å². The van der Waals surface area contributed by atoms with Crippen molar-refractivity contribution in [2.24, 2.45) is 0 Å². The van der Waals surface area contributed by atoms with E-state index in [-0.39, 0.29) is 5.82 Å². The Morgan fingerprint density at radius 1 is 1.33 bits per heavy atom. The molecule has 0 aliphatic rings. The summed E-state index contributed by atoms with van der Waals surface area (Å²) in [6.45, 7) is 9.79. The lowest BCUT2D eigenvalue weighted by molar-refractivity contribution is 0.295. The van der Waals surface area contributed by atoms with E-state index < -0.39 is 0 Å². The molecule has 0 aliphatic heterocycles. The van der Waals surface area contributed by atoms with Crippen LogP contribution in [0.3, 0.4) is 0 Å². The summed E-state index contributed by atoms with van der Waals surface area (Å²) in [7, 11) is 0. The van der Waals surface area contributed by atoms with Gasteiger partial charge in [-0.3, -0.25) is 0 Å². The number of nitrogens with zero attached hydrogens (tertiary/aromatic N) is 4. The van der Waals surface area contributed by atoms with Gasteiger partial charge in [0.2, 0.25) is 5.95 Å². The highest BCUT2D eigenvalue weighted by Crippen LogP contribution is 2.10. The molecule has 0 aromatic carbocycles. The van der Waals surface area contributed by atoms with E-state index in [9.17, 15) is 4.39 Å². The summed E-state index contributed by atoms with van der Waals surface area (Å²) in [4.78, 5) is 6.75. The zero-order valence-electron chi connectivity index (χ0n) is 13.0. The number of hydrogen-bond acceptors (Lipinski definition) is 4. The number of halogens is 1. The van der Waals surface area contributed by atoms with Gasteiger partial charge in [-0.15, -0.1) is 5.10 Å². The Morgan fingerprint density at radius 2 is 2.10 bits per heavy atom. The van der Waals surface area contributed by atoms with E-state index in [1.165, 1.54) is 16.8 Å². The molecule has 0 bridgehead atoms. The summed E-state index contributed by atoms with van der Waals surface area (Å²) in [5, 5.41) is 7.51. The van der Waals surface area contributed by atoms with Crippen molar-refractivity contribution >= 4 is 11.6 Å². The minimum absolute atomic E-state index is 0.294. The zero-order valence-corrected chi connectivity index (χ0v) is 13.0.